The number of nitrogens with zero attached hydrogens (tertiary/aromatic N) is 5. The molecule has 0 aliphatic rings. The molecule has 0 fully saturated rings. The van der Waals surface area contributed by atoms with Crippen molar-refractivity contribution < 1.29 is 9.67 Å². The number of aromatic nitrogens is 4. The molecule has 5 aromatic rings. The maximum Gasteiger partial charge on any atom is 0.305 e. The molecule has 0 radical (unpaired) electrons. The summed E-state index contributed by atoms with van der Waals surface area (Å²) in [6.45, 7) is 2.60. The molecule has 3 heterocycles. The summed E-state index contributed by atoms with van der Waals surface area (Å²) in [4.78, 5) is 10.9. The normalized spacial score (nSPS) is 12.5. The average Bonchev–Trinajstić information content (AvgIpc) is 3.35. The minimum atomic E-state index is 0.215. The van der Waals surface area contributed by atoms with Gasteiger partial charge in [0.05, 0.1) is 24.3 Å². The van der Waals surface area contributed by atoms with Gasteiger partial charge in [-0.3, -0.25) is 4.57 Å². The SMILES string of the molecule is CCn1c(O)c(-c2n(C)c3ccccc3[n+]2C)sc1=Nc1nc2ccc(Cl)cc2s1. The Morgan fingerprint density at radius 3 is 2.77 bits per heavy atom. The summed E-state index contributed by atoms with van der Waals surface area (Å²) in [6, 6.07) is 13.8. The lowest BCUT2D eigenvalue weighted by Crippen LogP contribution is -2.29. The van der Waals surface area contributed by atoms with Gasteiger partial charge in [0.1, 0.15) is 0 Å². The van der Waals surface area contributed by atoms with E-state index < -0.39 is 0 Å². The second kappa shape index (κ2) is 7.23. The van der Waals surface area contributed by atoms with Crippen LogP contribution >= 0.6 is 34.3 Å². The van der Waals surface area contributed by atoms with Crippen molar-refractivity contribution in [3.8, 4) is 16.6 Å². The van der Waals surface area contributed by atoms with Gasteiger partial charge in [0, 0.05) is 11.6 Å². The molecule has 0 spiro atoms. The van der Waals surface area contributed by atoms with Gasteiger partial charge in [0.2, 0.25) is 11.0 Å². The van der Waals surface area contributed by atoms with Crippen LogP contribution in [0, 0.1) is 0 Å². The van der Waals surface area contributed by atoms with Gasteiger partial charge in [-0.2, -0.15) is 4.99 Å². The van der Waals surface area contributed by atoms with Crippen molar-refractivity contribution in [3.05, 3.63) is 52.3 Å². The second-order valence-electron chi connectivity index (χ2n) is 6.93. The fraction of sp³-hybridized carbons (Fsp3) is 0.190. The zero-order chi connectivity index (χ0) is 21.0. The first-order chi connectivity index (χ1) is 14.5. The van der Waals surface area contributed by atoms with Crippen LogP contribution in [0.15, 0.2) is 47.5 Å². The van der Waals surface area contributed by atoms with Crippen molar-refractivity contribution in [2.24, 2.45) is 19.1 Å². The summed E-state index contributed by atoms with van der Waals surface area (Å²) in [7, 11) is 4.03. The monoisotopic (exact) mass is 456 g/mol. The first-order valence-electron chi connectivity index (χ1n) is 9.45. The minimum Gasteiger partial charge on any atom is -0.493 e. The molecule has 2 aromatic carbocycles. The van der Waals surface area contributed by atoms with Crippen LogP contribution in [0.25, 0.3) is 32.0 Å². The predicted octanol–water partition coefficient (Wildman–Crippen LogP) is 4.75. The van der Waals surface area contributed by atoms with E-state index in [1.165, 1.54) is 22.7 Å². The topological polar surface area (TPSA) is 59.2 Å². The van der Waals surface area contributed by atoms with E-state index in [0.29, 0.717) is 21.5 Å². The van der Waals surface area contributed by atoms with Crippen molar-refractivity contribution >= 4 is 60.7 Å². The van der Waals surface area contributed by atoms with Gasteiger partial charge in [0.15, 0.2) is 20.7 Å². The molecule has 0 unspecified atom stereocenters. The van der Waals surface area contributed by atoms with E-state index in [2.05, 4.69) is 26.3 Å². The van der Waals surface area contributed by atoms with Crippen LogP contribution in [-0.4, -0.2) is 19.2 Å². The van der Waals surface area contributed by atoms with Crippen LogP contribution in [0.4, 0.5) is 5.13 Å². The predicted molar refractivity (Wildman–Crippen MR) is 123 cm³/mol. The van der Waals surface area contributed by atoms with Crippen molar-refractivity contribution in [2.75, 3.05) is 0 Å². The van der Waals surface area contributed by atoms with Gasteiger partial charge in [-0.05, 0) is 37.3 Å². The van der Waals surface area contributed by atoms with Crippen molar-refractivity contribution in [1.82, 2.24) is 14.1 Å². The van der Waals surface area contributed by atoms with E-state index >= 15 is 0 Å². The number of rotatable bonds is 3. The molecule has 152 valence electrons. The molecule has 0 aliphatic heterocycles. The zero-order valence-electron chi connectivity index (χ0n) is 16.6. The second-order valence-corrected chi connectivity index (χ2v) is 9.36. The fourth-order valence-corrected chi connectivity index (χ4v) is 6.10. The molecular formula is C21H19ClN5OS2+. The number of imidazole rings is 1. The number of thiazole rings is 2. The Hall–Kier alpha value is -2.68. The van der Waals surface area contributed by atoms with Gasteiger partial charge in [-0.1, -0.05) is 46.4 Å². The standard InChI is InChI=1S/C21H18ClN5OS2/c1-4-27-19(28)17(18-25(2)14-7-5-6-8-15(14)26(18)3)30-21(27)24-20-23-13-10-9-12(22)11-16(13)29-20/h5-11H,4H2,1-3H3/p+1. The molecule has 1 N–H and O–H groups in total. The number of aromatic hydroxyl groups is 1. The molecule has 0 amide bonds. The van der Waals surface area contributed by atoms with E-state index in [4.69, 9.17) is 16.6 Å². The van der Waals surface area contributed by atoms with Crippen molar-refractivity contribution in [3.63, 3.8) is 0 Å². The summed E-state index contributed by atoms with van der Waals surface area (Å²) in [6.07, 6.45) is 0. The van der Waals surface area contributed by atoms with E-state index in [9.17, 15) is 5.11 Å². The molecule has 30 heavy (non-hydrogen) atoms. The van der Waals surface area contributed by atoms with Crippen LogP contribution < -0.4 is 9.37 Å². The van der Waals surface area contributed by atoms with E-state index in [1.54, 1.807) is 0 Å². The van der Waals surface area contributed by atoms with Gasteiger partial charge in [-0.15, -0.1) is 0 Å². The summed E-state index contributed by atoms with van der Waals surface area (Å²) in [5.41, 5.74) is 3.08. The molecule has 0 saturated heterocycles. The number of aryl methyl sites for hydroxylation is 2. The molecular weight excluding hydrogens is 438 g/mol. The Kier molecular flexibility index (Phi) is 4.65. The highest BCUT2D eigenvalue weighted by Crippen LogP contribution is 2.34. The van der Waals surface area contributed by atoms with Gasteiger partial charge in [0.25, 0.3) is 0 Å². The summed E-state index contributed by atoms with van der Waals surface area (Å²) in [5.74, 6) is 1.14. The molecule has 0 saturated carbocycles. The number of halogens is 1. The molecule has 3 aromatic heterocycles. The first kappa shape index (κ1) is 19.3. The van der Waals surface area contributed by atoms with Gasteiger partial charge in [-0.25, -0.2) is 14.1 Å². The van der Waals surface area contributed by atoms with Gasteiger partial charge >= 0.3 is 5.82 Å². The number of para-hydroxylation sites is 2. The minimum absolute atomic E-state index is 0.215. The fourth-order valence-electron chi connectivity index (χ4n) is 3.72. The Balaban J connectivity index is 1.73. The highest BCUT2D eigenvalue weighted by Gasteiger charge is 2.28. The van der Waals surface area contributed by atoms with Crippen LogP contribution in [0.3, 0.4) is 0 Å². The molecule has 0 atom stereocenters. The highest BCUT2D eigenvalue weighted by atomic mass is 35.5. The largest absolute Gasteiger partial charge is 0.493 e. The third-order valence-corrected chi connectivity index (χ3v) is 7.38. The molecule has 0 aliphatic carbocycles. The van der Waals surface area contributed by atoms with E-state index in [1.807, 2.05) is 55.9 Å². The van der Waals surface area contributed by atoms with Crippen LogP contribution in [0.5, 0.6) is 5.88 Å². The third-order valence-electron chi connectivity index (χ3n) is 5.17. The lowest BCUT2D eigenvalue weighted by molar-refractivity contribution is -0.633. The average molecular weight is 457 g/mol. The van der Waals surface area contributed by atoms with Crippen LogP contribution in [-0.2, 0) is 20.6 Å². The summed E-state index contributed by atoms with van der Waals surface area (Å²) in [5, 5.41) is 12.4. The highest BCUT2D eigenvalue weighted by molar-refractivity contribution is 7.22. The lowest BCUT2D eigenvalue weighted by Gasteiger charge is -2.00. The maximum absolute atomic E-state index is 11.0. The maximum atomic E-state index is 11.0. The lowest BCUT2D eigenvalue weighted by atomic mass is 10.3. The number of hydrogen-bond acceptors (Lipinski definition) is 5. The molecule has 9 heteroatoms. The van der Waals surface area contributed by atoms with Crippen LogP contribution in [0.2, 0.25) is 5.02 Å². The quantitative estimate of drug-likeness (QED) is 0.398. The molecule has 6 nitrogen and oxygen atoms in total. The molecule has 0 bridgehead atoms. The van der Waals surface area contributed by atoms with Crippen LogP contribution in [0.1, 0.15) is 6.92 Å². The van der Waals surface area contributed by atoms with Gasteiger partial charge < -0.3 is 5.11 Å². The van der Waals surface area contributed by atoms with E-state index in [0.717, 1.165) is 32.0 Å². The third kappa shape index (κ3) is 2.94. The first-order valence-corrected chi connectivity index (χ1v) is 11.5. The Bertz CT molecular complexity index is 1450. The van der Waals surface area contributed by atoms with E-state index in [-0.39, 0.29) is 5.88 Å². The Morgan fingerprint density at radius 2 is 2.00 bits per heavy atom. The number of fused-ring (bicyclic) bond motifs is 2. The smallest absolute Gasteiger partial charge is 0.305 e. The number of benzene rings is 2. The number of hydrogen-bond donors (Lipinski definition) is 1. The summed E-state index contributed by atoms with van der Waals surface area (Å²) >= 11 is 9.05. The molecule has 5 rings (SSSR count). The van der Waals surface area contributed by atoms with Crippen molar-refractivity contribution in [1.29, 1.82) is 0 Å². The summed E-state index contributed by atoms with van der Waals surface area (Å²) < 4.78 is 7.01. The Morgan fingerprint density at radius 1 is 1.20 bits per heavy atom. The van der Waals surface area contributed by atoms with Crippen molar-refractivity contribution in [2.45, 2.75) is 13.5 Å². The Labute approximate surface area is 185 Å². The zero-order valence-corrected chi connectivity index (χ0v) is 19.0.